The summed E-state index contributed by atoms with van der Waals surface area (Å²) in [6, 6.07) is 2.73. The average molecular weight is 227 g/mol. The number of amides is 2. The molecule has 0 atom stereocenters. The number of nitrogens with zero attached hydrogens (tertiary/aromatic N) is 2. The first-order valence-corrected chi connectivity index (χ1v) is 4.34. The highest BCUT2D eigenvalue weighted by molar-refractivity contribution is 5.89. The fourth-order valence-corrected chi connectivity index (χ4v) is 0.968. The van der Waals surface area contributed by atoms with Crippen molar-refractivity contribution in [2.45, 2.75) is 0 Å². The molecule has 0 aromatic heterocycles. The highest BCUT2D eigenvalue weighted by atomic mass is 19.1. The van der Waals surface area contributed by atoms with Crippen LogP contribution in [-0.2, 0) is 0 Å². The van der Waals surface area contributed by atoms with Gasteiger partial charge in [0.2, 0.25) is 5.82 Å². The van der Waals surface area contributed by atoms with Gasteiger partial charge in [0.1, 0.15) is 0 Å². The van der Waals surface area contributed by atoms with E-state index in [1.807, 2.05) is 0 Å². The van der Waals surface area contributed by atoms with E-state index < -0.39 is 22.5 Å². The maximum atomic E-state index is 13.1. The van der Waals surface area contributed by atoms with Gasteiger partial charge < -0.3 is 10.2 Å². The number of hydrogen-bond acceptors (Lipinski definition) is 3. The van der Waals surface area contributed by atoms with Gasteiger partial charge in [0.05, 0.1) is 4.92 Å². The molecule has 0 aliphatic rings. The molecule has 0 unspecified atom stereocenters. The molecule has 6 nitrogen and oxygen atoms in total. The molecule has 1 aromatic rings. The van der Waals surface area contributed by atoms with Crippen LogP contribution in [0.15, 0.2) is 18.2 Å². The molecule has 7 heteroatoms. The zero-order valence-corrected chi connectivity index (χ0v) is 8.73. The molecule has 0 heterocycles. The number of hydrogen-bond donors (Lipinski definition) is 1. The van der Waals surface area contributed by atoms with Gasteiger partial charge in [-0.2, -0.15) is 4.39 Å². The second-order valence-corrected chi connectivity index (χ2v) is 3.25. The van der Waals surface area contributed by atoms with E-state index in [0.29, 0.717) is 0 Å². The number of carbonyl (C=O) groups is 1. The molecule has 86 valence electrons. The van der Waals surface area contributed by atoms with Gasteiger partial charge in [0, 0.05) is 31.9 Å². The normalized spacial score (nSPS) is 9.69. The van der Waals surface area contributed by atoms with Crippen molar-refractivity contribution in [2.24, 2.45) is 0 Å². The molecule has 0 saturated heterocycles. The van der Waals surface area contributed by atoms with Gasteiger partial charge in [-0.25, -0.2) is 4.79 Å². The van der Waals surface area contributed by atoms with Gasteiger partial charge in [-0.3, -0.25) is 10.1 Å². The van der Waals surface area contributed by atoms with Gasteiger partial charge in [0.25, 0.3) is 0 Å². The van der Waals surface area contributed by atoms with E-state index in [9.17, 15) is 19.3 Å². The molecule has 1 aromatic carbocycles. The third kappa shape index (κ3) is 2.66. The summed E-state index contributed by atoms with van der Waals surface area (Å²) in [5.41, 5.74) is -0.454. The van der Waals surface area contributed by atoms with Gasteiger partial charge in [-0.15, -0.1) is 0 Å². The molecule has 0 radical (unpaired) electrons. The summed E-state index contributed by atoms with van der Waals surface area (Å²) < 4.78 is 13.1. The highest BCUT2D eigenvalue weighted by Gasteiger charge is 2.14. The number of anilines is 1. The van der Waals surface area contributed by atoms with Crippen molar-refractivity contribution in [3.63, 3.8) is 0 Å². The Morgan fingerprint density at radius 1 is 1.50 bits per heavy atom. The Bertz CT molecular complexity index is 434. The minimum Gasteiger partial charge on any atom is -0.331 e. The molecule has 0 fully saturated rings. The van der Waals surface area contributed by atoms with E-state index >= 15 is 0 Å². The SMILES string of the molecule is CN(C)C(=O)Nc1ccc([N+](=O)[O-])c(F)c1. The number of nitro benzene ring substituents is 1. The molecule has 1 N–H and O–H groups in total. The average Bonchev–Trinajstić information content (AvgIpc) is 2.16. The lowest BCUT2D eigenvalue weighted by molar-refractivity contribution is -0.387. The van der Waals surface area contributed by atoms with Crippen molar-refractivity contribution in [1.29, 1.82) is 0 Å². The Labute approximate surface area is 90.8 Å². The predicted molar refractivity (Wildman–Crippen MR) is 55.8 cm³/mol. The molecule has 2 amide bonds. The predicted octanol–water partition coefficient (Wildman–Crippen LogP) is 1.83. The first-order valence-electron chi connectivity index (χ1n) is 4.34. The van der Waals surface area contributed by atoms with Crippen LogP contribution in [0, 0.1) is 15.9 Å². The molecule has 0 bridgehead atoms. The number of rotatable bonds is 2. The smallest absolute Gasteiger partial charge is 0.321 e. The van der Waals surface area contributed by atoms with Crippen LogP contribution in [0.2, 0.25) is 0 Å². The quantitative estimate of drug-likeness (QED) is 0.618. The van der Waals surface area contributed by atoms with Crippen molar-refractivity contribution < 1.29 is 14.1 Å². The summed E-state index contributed by atoms with van der Waals surface area (Å²) in [7, 11) is 3.05. The molecule has 0 saturated carbocycles. The molecule has 0 aliphatic heterocycles. The summed E-state index contributed by atoms with van der Waals surface area (Å²) in [5.74, 6) is -0.985. The number of nitro groups is 1. The Morgan fingerprint density at radius 3 is 2.56 bits per heavy atom. The zero-order valence-electron chi connectivity index (χ0n) is 8.73. The number of urea groups is 1. The molecule has 0 spiro atoms. The van der Waals surface area contributed by atoms with Crippen LogP contribution < -0.4 is 5.32 Å². The Hall–Kier alpha value is -2.18. The molecule has 16 heavy (non-hydrogen) atoms. The first-order chi connectivity index (χ1) is 7.41. The lowest BCUT2D eigenvalue weighted by Gasteiger charge is -2.11. The van der Waals surface area contributed by atoms with Crippen molar-refractivity contribution in [3.8, 4) is 0 Å². The van der Waals surface area contributed by atoms with Crippen LogP contribution in [0.5, 0.6) is 0 Å². The van der Waals surface area contributed by atoms with E-state index in [4.69, 9.17) is 0 Å². The number of benzene rings is 1. The Balaban J connectivity index is 2.90. The van der Waals surface area contributed by atoms with E-state index in [0.717, 1.165) is 12.1 Å². The van der Waals surface area contributed by atoms with Crippen LogP contribution in [0.3, 0.4) is 0 Å². The van der Waals surface area contributed by atoms with Crippen molar-refractivity contribution in [2.75, 3.05) is 19.4 Å². The van der Waals surface area contributed by atoms with Crippen LogP contribution in [-0.4, -0.2) is 29.9 Å². The third-order valence-electron chi connectivity index (χ3n) is 1.80. The lowest BCUT2D eigenvalue weighted by atomic mass is 10.2. The number of nitrogens with one attached hydrogen (secondary N) is 1. The van der Waals surface area contributed by atoms with E-state index in [-0.39, 0.29) is 5.69 Å². The monoisotopic (exact) mass is 227 g/mol. The van der Waals surface area contributed by atoms with Crippen LogP contribution >= 0.6 is 0 Å². The lowest BCUT2D eigenvalue weighted by Crippen LogP contribution is -2.27. The number of carbonyl (C=O) groups excluding carboxylic acids is 1. The topological polar surface area (TPSA) is 75.5 Å². The van der Waals surface area contributed by atoms with Gasteiger partial charge >= 0.3 is 11.7 Å². The minimum absolute atomic E-state index is 0.168. The second-order valence-electron chi connectivity index (χ2n) is 3.25. The highest BCUT2D eigenvalue weighted by Crippen LogP contribution is 2.20. The van der Waals surface area contributed by atoms with Crippen molar-refractivity contribution in [1.82, 2.24) is 4.90 Å². The summed E-state index contributed by atoms with van der Waals surface area (Å²) in [6.07, 6.45) is 0. The fraction of sp³-hybridized carbons (Fsp3) is 0.222. The summed E-state index contributed by atoms with van der Waals surface area (Å²) in [4.78, 5) is 22.0. The standard InChI is InChI=1S/C9H10FN3O3/c1-12(2)9(14)11-6-3-4-8(13(15)16)7(10)5-6/h3-5H,1-2H3,(H,11,14). The largest absolute Gasteiger partial charge is 0.331 e. The van der Waals surface area contributed by atoms with E-state index in [2.05, 4.69) is 5.32 Å². The third-order valence-corrected chi connectivity index (χ3v) is 1.80. The van der Waals surface area contributed by atoms with E-state index in [1.165, 1.54) is 25.1 Å². The van der Waals surface area contributed by atoms with Crippen LogP contribution in [0.1, 0.15) is 0 Å². The van der Waals surface area contributed by atoms with Gasteiger partial charge in [0.15, 0.2) is 0 Å². The van der Waals surface area contributed by atoms with Crippen LogP contribution in [0.4, 0.5) is 20.6 Å². The Kier molecular flexibility index (Phi) is 3.39. The van der Waals surface area contributed by atoms with Crippen molar-refractivity contribution in [3.05, 3.63) is 34.1 Å². The molecule has 1 rings (SSSR count). The number of halogens is 1. The fourth-order valence-electron chi connectivity index (χ4n) is 0.968. The zero-order chi connectivity index (χ0) is 12.3. The molecular formula is C9H10FN3O3. The summed E-state index contributed by atoms with van der Waals surface area (Å²) in [5, 5.41) is 12.7. The Morgan fingerprint density at radius 2 is 2.12 bits per heavy atom. The maximum absolute atomic E-state index is 13.1. The van der Waals surface area contributed by atoms with Crippen molar-refractivity contribution >= 4 is 17.4 Å². The van der Waals surface area contributed by atoms with Gasteiger partial charge in [-0.05, 0) is 6.07 Å². The van der Waals surface area contributed by atoms with Gasteiger partial charge in [-0.1, -0.05) is 0 Å². The minimum atomic E-state index is -0.985. The molecule has 0 aliphatic carbocycles. The summed E-state index contributed by atoms with van der Waals surface area (Å²) in [6.45, 7) is 0. The second kappa shape index (κ2) is 4.56. The maximum Gasteiger partial charge on any atom is 0.321 e. The van der Waals surface area contributed by atoms with Crippen LogP contribution in [0.25, 0.3) is 0 Å². The first kappa shape index (κ1) is 11.9. The summed E-state index contributed by atoms with van der Waals surface area (Å²) >= 11 is 0. The van der Waals surface area contributed by atoms with E-state index in [1.54, 1.807) is 0 Å². The molecular weight excluding hydrogens is 217 g/mol.